The minimum atomic E-state index is -3.24. The molecule has 3 N–H and O–H groups in total. The number of hydrogen-bond donors (Lipinski definition) is 2. The molecule has 1 aromatic heterocycles. The number of aromatic nitrogens is 1. The molecule has 1 aromatic rings. The first kappa shape index (κ1) is 15.6. The maximum absolute atomic E-state index is 11.8. The largest absolute Gasteiger partial charge is 0.330 e. The van der Waals surface area contributed by atoms with Crippen LogP contribution in [0.5, 0.6) is 0 Å². The van der Waals surface area contributed by atoms with E-state index in [1.54, 1.807) is 0 Å². The van der Waals surface area contributed by atoms with E-state index in [9.17, 15) is 8.42 Å². The van der Waals surface area contributed by atoms with Crippen molar-refractivity contribution in [1.29, 1.82) is 0 Å². The Morgan fingerprint density at radius 3 is 2.56 bits per heavy atom. The van der Waals surface area contributed by atoms with Crippen LogP contribution >= 0.6 is 11.3 Å². The Morgan fingerprint density at radius 1 is 1.39 bits per heavy atom. The van der Waals surface area contributed by atoms with Crippen LogP contribution < -0.4 is 10.5 Å². The fraction of sp³-hybridized carbons (Fsp3) is 0.727. The van der Waals surface area contributed by atoms with Crippen molar-refractivity contribution in [2.24, 2.45) is 5.73 Å². The van der Waals surface area contributed by atoms with Gasteiger partial charge in [0.2, 0.25) is 10.0 Å². The van der Waals surface area contributed by atoms with E-state index in [1.165, 1.54) is 11.3 Å². The zero-order chi connectivity index (χ0) is 13.8. The molecule has 0 aliphatic rings. The van der Waals surface area contributed by atoms with Crippen molar-refractivity contribution >= 4 is 21.4 Å². The van der Waals surface area contributed by atoms with Crippen LogP contribution in [-0.4, -0.2) is 25.7 Å². The molecule has 0 aromatic carbocycles. The Balaban J connectivity index is 2.64. The molecule has 0 saturated carbocycles. The Morgan fingerprint density at radius 2 is 2.06 bits per heavy atom. The predicted octanol–water partition coefficient (Wildman–Crippen LogP) is 1.48. The Hall–Kier alpha value is -0.500. The van der Waals surface area contributed by atoms with Gasteiger partial charge in [0.1, 0.15) is 0 Å². The molecular formula is C11H21N3O2S2. The second-order valence-electron chi connectivity index (χ2n) is 4.34. The fourth-order valence-electron chi connectivity index (χ4n) is 1.77. The SMILES string of the molecule is Cc1nc(C)c(C(C)NS(=O)(=O)CCCCN)s1. The average molecular weight is 291 g/mol. The van der Waals surface area contributed by atoms with Gasteiger partial charge in [0.05, 0.1) is 22.5 Å². The molecule has 0 saturated heterocycles. The lowest BCUT2D eigenvalue weighted by atomic mass is 10.2. The first-order valence-electron chi connectivity index (χ1n) is 5.99. The number of unbranched alkanes of at least 4 members (excludes halogenated alkanes) is 1. The Kier molecular flexibility index (Phi) is 5.71. The highest BCUT2D eigenvalue weighted by Gasteiger charge is 2.19. The molecule has 0 bridgehead atoms. The molecule has 1 rings (SSSR count). The molecule has 7 heteroatoms. The lowest BCUT2D eigenvalue weighted by Crippen LogP contribution is -2.29. The van der Waals surface area contributed by atoms with Crippen molar-refractivity contribution in [3.8, 4) is 0 Å². The number of aryl methyl sites for hydroxylation is 2. The third-order valence-corrected chi connectivity index (χ3v) is 5.35. The Bertz CT molecular complexity index is 482. The molecule has 1 unspecified atom stereocenters. The van der Waals surface area contributed by atoms with Gasteiger partial charge in [-0.1, -0.05) is 0 Å². The third kappa shape index (κ3) is 4.64. The van der Waals surface area contributed by atoms with E-state index in [2.05, 4.69) is 9.71 Å². The van der Waals surface area contributed by atoms with Crippen molar-refractivity contribution in [2.75, 3.05) is 12.3 Å². The molecule has 0 spiro atoms. The lowest BCUT2D eigenvalue weighted by molar-refractivity contribution is 0.564. The maximum Gasteiger partial charge on any atom is 0.212 e. The number of nitrogens with one attached hydrogen (secondary N) is 1. The van der Waals surface area contributed by atoms with Gasteiger partial charge in [0, 0.05) is 4.88 Å². The minimum Gasteiger partial charge on any atom is -0.330 e. The van der Waals surface area contributed by atoms with Crippen LogP contribution in [-0.2, 0) is 10.0 Å². The van der Waals surface area contributed by atoms with E-state index in [0.717, 1.165) is 22.0 Å². The summed E-state index contributed by atoms with van der Waals surface area (Å²) in [5, 5.41) is 0.955. The standard InChI is InChI=1S/C11H21N3O2S2/c1-8-11(17-10(3)13-8)9(2)14-18(15,16)7-5-4-6-12/h9,14H,4-7,12H2,1-3H3. The van der Waals surface area contributed by atoms with Crippen LogP contribution in [0.3, 0.4) is 0 Å². The van der Waals surface area contributed by atoms with Crippen molar-refractivity contribution < 1.29 is 8.42 Å². The number of hydrogen-bond acceptors (Lipinski definition) is 5. The van der Waals surface area contributed by atoms with E-state index in [1.807, 2.05) is 20.8 Å². The van der Waals surface area contributed by atoms with E-state index in [0.29, 0.717) is 13.0 Å². The molecule has 0 fully saturated rings. The fourth-order valence-corrected chi connectivity index (χ4v) is 4.13. The van der Waals surface area contributed by atoms with Gasteiger partial charge in [-0.2, -0.15) is 0 Å². The highest BCUT2D eigenvalue weighted by Crippen LogP contribution is 2.24. The molecule has 1 atom stereocenters. The van der Waals surface area contributed by atoms with Gasteiger partial charge in [0.25, 0.3) is 0 Å². The predicted molar refractivity (Wildman–Crippen MR) is 75.2 cm³/mol. The zero-order valence-electron chi connectivity index (χ0n) is 11.1. The molecule has 18 heavy (non-hydrogen) atoms. The number of rotatable bonds is 7. The zero-order valence-corrected chi connectivity index (χ0v) is 12.7. The normalized spacial score (nSPS) is 13.8. The molecule has 0 aliphatic heterocycles. The number of sulfonamides is 1. The molecule has 0 radical (unpaired) electrons. The van der Waals surface area contributed by atoms with Crippen molar-refractivity contribution in [2.45, 2.75) is 39.7 Å². The van der Waals surface area contributed by atoms with Crippen LogP contribution in [0.1, 0.15) is 41.4 Å². The summed E-state index contributed by atoms with van der Waals surface area (Å²) in [6.07, 6.45) is 1.33. The van der Waals surface area contributed by atoms with Crippen molar-refractivity contribution in [3.05, 3.63) is 15.6 Å². The van der Waals surface area contributed by atoms with Gasteiger partial charge >= 0.3 is 0 Å². The number of nitrogens with zero attached hydrogens (tertiary/aromatic N) is 1. The van der Waals surface area contributed by atoms with Gasteiger partial charge in [-0.25, -0.2) is 18.1 Å². The highest BCUT2D eigenvalue weighted by molar-refractivity contribution is 7.89. The highest BCUT2D eigenvalue weighted by atomic mass is 32.2. The molecule has 104 valence electrons. The van der Waals surface area contributed by atoms with Crippen molar-refractivity contribution in [1.82, 2.24) is 9.71 Å². The topological polar surface area (TPSA) is 85.1 Å². The first-order chi connectivity index (χ1) is 8.35. The molecule has 5 nitrogen and oxygen atoms in total. The van der Waals surface area contributed by atoms with Gasteiger partial charge in [-0.05, 0) is 40.2 Å². The smallest absolute Gasteiger partial charge is 0.212 e. The number of nitrogens with two attached hydrogens (primary N) is 1. The summed E-state index contributed by atoms with van der Waals surface area (Å²) in [7, 11) is -3.24. The average Bonchev–Trinajstić information content (AvgIpc) is 2.57. The number of thiazole rings is 1. The van der Waals surface area contributed by atoms with E-state index in [-0.39, 0.29) is 11.8 Å². The molecule has 0 aliphatic carbocycles. The summed E-state index contributed by atoms with van der Waals surface area (Å²) in [6, 6.07) is -0.223. The third-order valence-electron chi connectivity index (χ3n) is 2.56. The van der Waals surface area contributed by atoms with Gasteiger partial charge < -0.3 is 5.73 Å². The molecule has 0 amide bonds. The monoisotopic (exact) mass is 291 g/mol. The van der Waals surface area contributed by atoms with Crippen LogP contribution in [0.15, 0.2) is 0 Å². The summed E-state index contributed by atoms with van der Waals surface area (Å²) < 4.78 is 26.4. The van der Waals surface area contributed by atoms with Crippen LogP contribution in [0.2, 0.25) is 0 Å². The van der Waals surface area contributed by atoms with E-state index < -0.39 is 10.0 Å². The van der Waals surface area contributed by atoms with Crippen LogP contribution in [0, 0.1) is 13.8 Å². The first-order valence-corrected chi connectivity index (χ1v) is 8.46. The summed E-state index contributed by atoms with van der Waals surface area (Å²) in [4.78, 5) is 5.29. The minimum absolute atomic E-state index is 0.130. The van der Waals surface area contributed by atoms with Crippen LogP contribution in [0.4, 0.5) is 0 Å². The second-order valence-corrected chi connectivity index (χ2v) is 7.44. The molecular weight excluding hydrogens is 270 g/mol. The summed E-state index contributed by atoms with van der Waals surface area (Å²) in [6.45, 7) is 6.19. The van der Waals surface area contributed by atoms with Gasteiger partial charge in [-0.3, -0.25) is 0 Å². The molecule has 1 heterocycles. The van der Waals surface area contributed by atoms with E-state index in [4.69, 9.17) is 5.73 Å². The van der Waals surface area contributed by atoms with Crippen LogP contribution in [0.25, 0.3) is 0 Å². The van der Waals surface area contributed by atoms with Gasteiger partial charge in [0.15, 0.2) is 0 Å². The maximum atomic E-state index is 11.8. The summed E-state index contributed by atoms with van der Waals surface area (Å²) in [5.74, 6) is 0.130. The van der Waals surface area contributed by atoms with Crippen molar-refractivity contribution in [3.63, 3.8) is 0 Å². The summed E-state index contributed by atoms with van der Waals surface area (Å²) >= 11 is 1.53. The second kappa shape index (κ2) is 6.60. The Labute approximate surface area is 113 Å². The summed E-state index contributed by atoms with van der Waals surface area (Å²) in [5.41, 5.74) is 6.25. The lowest BCUT2D eigenvalue weighted by Gasteiger charge is -2.13. The van der Waals surface area contributed by atoms with E-state index >= 15 is 0 Å². The quantitative estimate of drug-likeness (QED) is 0.745. The van der Waals surface area contributed by atoms with Gasteiger partial charge in [-0.15, -0.1) is 11.3 Å².